The van der Waals surface area contributed by atoms with Gasteiger partial charge >= 0.3 is 11.9 Å². The smallest absolute Gasteiger partial charge is 0.334 e. The highest BCUT2D eigenvalue weighted by atomic mass is 16.5. The van der Waals surface area contributed by atoms with Crippen molar-refractivity contribution in [2.45, 2.75) is 71.5 Å². The molecule has 2 aromatic rings. The van der Waals surface area contributed by atoms with Gasteiger partial charge in [-0.15, -0.1) is 0 Å². The molecule has 0 fully saturated rings. The van der Waals surface area contributed by atoms with E-state index in [2.05, 4.69) is 16.9 Å². The molecule has 0 aliphatic carbocycles. The van der Waals surface area contributed by atoms with Crippen LogP contribution in [0, 0.1) is 11.8 Å². The normalized spacial score (nSPS) is 24.8. The Bertz CT molecular complexity index is 1080. The van der Waals surface area contributed by atoms with Gasteiger partial charge in [0.1, 0.15) is 23.7 Å². The van der Waals surface area contributed by atoms with E-state index in [1.165, 1.54) is 18.9 Å². The molecule has 0 saturated carbocycles. The number of hydrogen-bond acceptors (Lipinski definition) is 8. The number of esters is 2. The largest absolute Gasteiger partial charge is 0.458 e. The van der Waals surface area contributed by atoms with Crippen LogP contribution in [-0.4, -0.2) is 34.1 Å². The fourth-order valence-corrected chi connectivity index (χ4v) is 3.99. The Balaban J connectivity index is 1.73. The fourth-order valence-electron chi connectivity index (χ4n) is 3.99. The van der Waals surface area contributed by atoms with Crippen molar-refractivity contribution in [1.29, 1.82) is 0 Å². The SMILES string of the molecule is CC1=CC=CCC[C@@H](C)[C@@H](Cc2cnco2)OC(=O)C=CC=CCC[C@@H](C)[C@@H](Cc2cnco2)OC1=O. The number of rotatable bonds is 4. The fraction of sp³-hybridized carbons (Fsp3) is 0.448. The molecule has 0 aromatic carbocycles. The van der Waals surface area contributed by atoms with Gasteiger partial charge in [0, 0.05) is 24.5 Å². The summed E-state index contributed by atoms with van der Waals surface area (Å²) in [5, 5.41) is 0. The first-order chi connectivity index (χ1) is 17.9. The monoisotopic (exact) mass is 508 g/mol. The van der Waals surface area contributed by atoms with E-state index in [1.54, 1.807) is 31.5 Å². The maximum atomic E-state index is 12.8. The summed E-state index contributed by atoms with van der Waals surface area (Å²) in [5.41, 5.74) is 0.524. The van der Waals surface area contributed by atoms with E-state index in [0.29, 0.717) is 29.9 Å². The molecule has 3 rings (SSSR count). The number of cyclic esters (lactones) is 2. The molecule has 8 heteroatoms. The van der Waals surface area contributed by atoms with Gasteiger partial charge in [0.05, 0.1) is 12.4 Å². The molecule has 2 aromatic heterocycles. The van der Waals surface area contributed by atoms with Gasteiger partial charge in [0.2, 0.25) is 0 Å². The topological polar surface area (TPSA) is 105 Å². The Kier molecular flexibility index (Phi) is 11.1. The highest BCUT2D eigenvalue weighted by molar-refractivity contribution is 5.88. The van der Waals surface area contributed by atoms with E-state index in [1.807, 2.05) is 31.2 Å². The van der Waals surface area contributed by atoms with Gasteiger partial charge in [-0.2, -0.15) is 0 Å². The van der Waals surface area contributed by atoms with Crippen LogP contribution < -0.4 is 0 Å². The maximum absolute atomic E-state index is 12.8. The predicted molar refractivity (Wildman–Crippen MR) is 138 cm³/mol. The van der Waals surface area contributed by atoms with Crippen molar-refractivity contribution in [2.24, 2.45) is 11.8 Å². The minimum Gasteiger partial charge on any atom is -0.458 e. The van der Waals surface area contributed by atoms with Gasteiger partial charge in [-0.05, 0) is 44.4 Å². The second-order valence-corrected chi connectivity index (χ2v) is 9.44. The molecule has 198 valence electrons. The molecule has 0 radical (unpaired) electrons. The number of allylic oxidation sites excluding steroid dienone is 6. The Hall–Kier alpha value is -3.68. The van der Waals surface area contributed by atoms with E-state index in [4.69, 9.17) is 18.3 Å². The highest BCUT2D eigenvalue weighted by Gasteiger charge is 2.24. The number of carbonyl (C=O) groups excluding carboxylic acids is 2. The van der Waals surface area contributed by atoms with Gasteiger partial charge in [0.25, 0.3) is 0 Å². The third-order valence-electron chi connectivity index (χ3n) is 6.43. The third-order valence-corrected chi connectivity index (χ3v) is 6.43. The van der Waals surface area contributed by atoms with E-state index in [-0.39, 0.29) is 30.0 Å². The molecular weight excluding hydrogens is 472 g/mol. The molecule has 1 aliphatic rings. The Morgan fingerprint density at radius 3 is 1.95 bits per heavy atom. The summed E-state index contributed by atoms with van der Waals surface area (Å²) in [5.74, 6) is 0.777. The Labute approximate surface area is 218 Å². The summed E-state index contributed by atoms with van der Waals surface area (Å²) >= 11 is 0. The molecule has 0 N–H and O–H groups in total. The van der Waals surface area contributed by atoms with E-state index < -0.39 is 5.97 Å². The predicted octanol–water partition coefficient (Wildman–Crippen LogP) is 5.73. The standard InChI is InChI=1S/C29H36N2O6/c1-21-12-8-6-9-13-23(3)29(33)37-27(16-25-18-31-20-35-25)22(2)11-7-4-5-10-14-28(32)36-26(21)15-24-17-30-19-34-24/h4-6,9-10,13-14,17-22,26-27H,7-8,11-12,15-16H2,1-3H3/t21-,22-,26-,27-/m1/s1. The van der Waals surface area contributed by atoms with Gasteiger partial charge in [0.15, 0.2) is 12.8 Å². The summed E-state index contributed by atoms with van der Waals surface area (Å²) in [6.07, 6.45) is 21.9. The van der Waals surface area contributed by atoms with Crippen LogP contribution in [0.15, 0.2) is 82.1 Å². The van der Waals surface area contributed by atoms with Gasteiger partial charge in [-0.1, -0.05) is 50.3 Å². The van der Waals surface area contributed by atoms with Gasteiger partial charge in [-0.25, -0.2) is 19.6 Å². The molecule has 3 heterocycles. The molecular formula is C29H36N2O6. The quantitative estimate of drug-likeness (QED) is 0.482. The molecule has 37 heavy (non-hydrogen) atoms. The van der Waals surface area contributed by atoms with Crippen LogP contribution in [0.25, 0.3) is 0 Å². The van der Waals surface area contributed by atoms with Crippen LogP contribution in [0.3, 0.4) is 0 Å². The first-order valence-electron chi connectivity index (χ1n) is 12.7. The Morgan fingerprint density at radius 2 is 1.38 bits per heavy atom. The van der Waals surface area contributed by atoms with Crippen LogP contribution >= 0.6 is 0 Å². The van der Waals surface area contributed by atoms with Crippen molar-refractivity contribution in [3.05, 3.63) is 84.8 Å². The van der Waals surface area contributed by atoms with Crippen molar-refractivity contribution >= 4 is 11.9 Å². The summed E-state index contributed by atoms with van der Waals surface area (Å²) in [4.78, 5) is 33.2. The van der Waals surface area contributed by atoms with Crippen molar-refractivity contribution in [3.63, 3.8) is 0 Å². The van der Waals surface area contributed by atoms with Crippen molar-refractivity contribution in [1.82, 2.24) is 9.97 Å². The summed E-state index contributed by atoms with van der Waals surface area (Å²) < 4.78 is 22.4. The lowest BCUT2D eigenvalue weighted by Crippen LogP contribution is -2.28. The molecule has 8 nitrogen and oxygen atoms in total. The Morgan fingerprint density at radius 1 is 0.811 bits per heavy atom. The average Bonchev–Trinajstić information content (AvgIpc) is 3.58. The van der Waals surface area contributed by atoms with Gasteiger partial charge < -0.3 is 18.3 Å². The maximum Gasteiger partial charge on any atom is 0.334 e. The minimum atomic E-state index is -0.392. The van der Waals surface area contributed by atoms with Crippen LogP contribution in [0.1, 0.15) is 58.0 Å². The zero-order valence-corrected chi connectivity index (χ0v) is 21.7. The molecule has 0 unspecified atom stereocenters. The van der Waals surface area contributed by atoms with Crippen molar-refractivity contribution in [2.75, 3.05) is 0 Å². The number of oxazole rings is 2. The zero-order valence-electron chi connectivity index (χ0n) is 21.7. The second kappa shape index (κ2) is 14.8. The molecule has 0 saturated heterocycles. The number of aromatic nitrogens is 2. The first-order valence-corrected chi connectivity index (χ1v) is 12.7. The highest BCUT2D eigenvalue weighted by Crippen LogP contribution is 2.22. The van der Waals surface area contributed by atoms with Gasteiger partial charge in [-0.3, -0.25) is 0 Å². The molecule has 0 spiro atoms. The lowest BCUT2D eigenvalue weighted by molar-refractivity contribution is -0.147. The molecule has 4 atom stereocenters. The number of ether oxygens (including phenoxy) is 2. The summed E-state index contributed by atoms with van der Waals surface area (Å²) in [6.45, 7) is 5.85. The van der Waals surface area contributed by atoms with E-state index in [9.17, 15) is 9.59 Å². The zero-order chi connectivity index (χ0) is 26.5. The number of carbonyl (C=O) groups is 2. The molecule has 1 aliphatic heterocycles. The third kappa shape index (κ3) is 9.71. The van der Waals surface area contributed by atoms with Crippen LogP contribution in [0.2, 0.25) is 0 Å². The molecule has 0 bridgehead atoms. The van der Waals surface area contributed by atoms with Crippen LogP contribution in [-0.2, 0) is 31.9 Å². The van der Waals surface area contributed by atoms with Crippen LogP contribution in [0.4, 0.5) is 0 Å². The van der Waals surface area contributed by atoms with Crippen molar-refractivity contribution < 1.29 is 27.9 Å². The summed E-state index contributed by atoms with van der Waals surface area (Å²) in [7, 11) is 0. The average molecular weight is 509 g/mol. The van der Waals surface area contributed by atoms with E-state index in [0.717, 1.165) is 25.7 Å². The second-order valence-electron chi connectivity index (χ2n) is 9.44. The number of nitrogens with zero attached hydrogens (tertiary/aromatic N) is 2. The first kappa shape index (κ1) is 27.9. The lowest BCUT2D eigenvalue weighted by atomic mass is 9.95. The van der Waals surface area contributed by atoms with Crippen molar-refractivity contribution in [3.8, 4) is 0 Å². The number of hydrogen-bond donors (Lipinski definition) is 0. The lowest BCUT2D eigenvalue weighted by Gasteiger charge is -2.23. The molecule has 0 amide bonds. The summed E-state index contributed by atoms with van der Waals surface area (Å²) in [6, 6.07) is 0. The van der Waals surface area contributed by atoms with E-state index >= 15 is 0 Å². The minimum absolute atomic E-state index is 0.0833. The van der Waals surface area contributed by atoms with Crippen LogP contribution in [0.5, 0.6) is 0 Å².